The number of carbonyl (C=O) groups is 1. The number of benzene rings is 1. The van der Waals surface area contributed by atoms with Gasteiger partial charge in [0.15, 0.2) is 0 Å². The number of nitrogens with zero attached hydrogens (tertiary/aromatic N) is 2. The zero-order chi connectivity index (χ0) is 16.5. The zero-order valence-corrected chi connectivity index (χ0v) is 14.1. The van der Waals surface area contributed by atoms with Crippen LogP contribution in [0.15, 0.2) is 29.2 Å². The summed E-state index contributed by atoms with van der Waals surface area (Å²) in [5.74, 6) is -0.101. The Bertz CT molecular complexity index is 630. The van der Waals surface area contributed by atoms with Crippen molar-refractivity contribution in [3.05, 3.63) is 29.8 Å². The van der Waals surface area contributed by atoms with Crippen LogP contribution in [-0.4, -0.2) is 62.9 Å². The van der Waals surface area contributed by atoms with Crippen LogP contribution in [0.1, 0.15) is 24.2 Å². The van der Waals surface area contributed by atoms with Crippen molar-refractivity contribution in [2.24, 2.45) is 0 Å². The molecule has 22 heavy (non-hydrogen) atoms. The van der Waals surface area contributed by atoms with E-state index in [-0.39, 0.29) is 23.0 Å². The molecule has 7 heteroatoms. The highest BCUT2D eigenvalue weighted by Crippen LogP contribution is 2.17. The van der Waals surface area contributed by atoms with E-state index in [4.69, 9.17) is 4.74 Å². The van der Waals surface area contributed by atoms with Crippen molar-refractivity contribution < 1.29 is 17.9 Å². The Morgan fingerprint density at radius 1 is 1.14 bits per heavy atom. The quantitative estimate of drug-likeness (QED) is 0.837. The minimum absolute atomic E-state index is 0.00101. The maximum absolute atomic E-state index is 12.5. The number of sulfonamides is 1. The molecule has 0 aliphatic carbocycles. The third kappa shape index (κ3) is 3.48. The highest BCUT2D eigenvalue weighted by atomic mass is 32.2. The molecular formula is C15H22N2O4S. The molecule has 0 saturated carbocycles. The van der Waals surface area contributed by atoms with E-state index in [9.17, 15) is 13.2 Å². The molecule has 122 valence electrons. The van der Waals surface area contributed by atoms with Gasteiger partial charge in [0, 0.05) is 32.7 Å². The average molecular weight is 326 g/mol. The van der Waals surface area contributed by atoms with Crippen LogP contribution in [0.2, 0.25) is 0 Å². The van der Waals surface area contributed by atoms with Crippen LogP contribution < -0.4 is 0 Å². The molecular weight excluding hydrogens is 304 g/mol. The molecule has 1 aliphatic heterocycles. The van der Waals surface area contributed by atoms with Gasteiger partial charge in [0.1, 0.15) is 0 Å². The second kappa shape index (κ2) is 6.36. The van der Waals surface area contributed by atoms with E-state index in [0.29, 0.717) is 18.7 Å². The van der Waals surface area contributed by atoms with Crippen molar-refractivity contribution in [1.29, 1.82) is 0 Å². The molecule has 1 saturated heterocycles. The first-order valence-corrected chi connectivity index (χ1v) is 8.63. The number of hydrogen-bond donors (Lipinski definition) is 0. The second-order valence-electron chi connectivity index (χ2n) is 5.78. The summed E-state index contributed by atoms with van der Waals surface area (Å²) in [6.07, 6.45) is 0.00202. The second-order valence-corrected chi connectivity index (χ2v) is 7.93. The summed E-state index contributed by atoms with van der Waals surface area (Å²) >= 11 is 0. The maximum atomic E-state index is 12.5. The Hall–Kier alpha value is -1.44. The van der Waals surface area contributed by atoms with Crippen LogP contribution in [0.3, 0.4) is 0 Å². The summed E-state index contributed by atoms with van der Waals surface area (Å²) in [5.41, 5.74) is 0.485. The van der Waals surface area contributed by atoms with E-state index in [1.807, 2.05) is 13.8 Å². The van der Waals surface area contributed by atoms with Gasteiger partial charge in [-0.1, -0.05) is 0 Å². The lowest BCUT2D eigenvalue weighted by Crippen LogP contribution is -2.48. The molecule has 1 fully saturated rings. The van der Waals surface area contributed by atoms with Gasteiger partial charge in [-0.15, -0.1) is 0 Å². The summed E-state index contributed by atoms with van der Waals surface area (Å²) in [4.78, 5) is 14.4. The third-order valence-electron chi connectivity index (χ3n) is 3.59. The molecule has 2 rings (SSSR count). The SMILES string of the molecule is CC1CN(C(=O)c2ccc(S(=O)(=O)N(C)C)cc2)CC(C)O1. The lowest BCUT2D eigenvalue weighted by Gasteiger charge is -2.35. The van der Waals surface area contributed by atoms with Crippen molar-refractivity contribution in [2.45, 2.75) is 31.0 Å². The lowest BCUT2D eigenvalue weighted by molar-refractivity contribution is -0.0586. The van der Waals surface area contributed by atoms with Crippen LogP contribution in [0.25, 0.3) is 0 Å². The zero-order valence-electron chi connectivity index (χ0n) is 13.3. The van der Waals surface area contributed by atoms with Crippen molar-refractivity contribution in [3.8, 4) is 0 Å². The largest absolute Gasteiger partial charge is 0.372 e. The van der Waals surface area contributed by atoms with Crippen LogP contribution >= 0.6 is 0 Å². The Labute approximate surface area is 131 Å². The normalized spacial score (nSPS) is 22.9. The average Bonchev–Trinajstić information content (AvgIpc) is 2.45. The molecule has 1 amide bonds. The number of hydrogen-bond acceptors (Lipinski definition) is 4. The molecule has 2 atom stereocenters. The fourth-order valence-electron chi connectivity index (χ4n) is 2.51. The topological polar surface area (TPSA) is 66.9 Å². The molecule has 0 radical (unpaired) electrons. The van der Waals surface area contributed by atoms with Crippen LogP contribution in [0, 0.1) is 0 Å². The van der Waals surface area contributed by atoms with Crippen LogP contribution in [0.5, 0.6) is 0 Å². The number of carbonyl (C=O) groups excluding carboxylic acids is 1. The standard InChI is InChI=1S/C15H22N2O4S/c1-11-9-17(10-12(2)21-11)15(18)13-5-7-14(8-6-13)22(19,20)16(3)4/h5-8,11-12H,9-10H2,1-4H3. The molecule has 1 aromatic rings. The van der Waals surface area contributed by atoms with E-state index >= 15 is 0 Å². The van der Waals surface area contributed by atoms with Gasteiger partial charge in [-0.2, -0.15) is 0 Å². The van der Waals surface area contributed by atoms with E-state index in [1.165, 1.54) is 26.2 Å². The molecule has 1 heterocycles. The molecule has 6 nitrogen and oxygen atoms in total. The fraction of sp³-hybridized carbons (Fsp3) is 0.533. The van der Waals surface area contributed by atoms with Crippen LogP contribution in [-0.2, 0) is 14.8 Å². The number of ether oxygens (including phenoxy) is 1. The summed E-state index contributed by atoms with van der Waals surface area (Å²) in [6.45, 7) is 4.95. The van der Waals surface area contributed by atoms with Crippen molar-refractivity contribution >= 4 is 15.9 Å². The minimum atomic E-state index is -3.47. The highest BCUT2D eigenvalue weighted by Gasteiger charge is 2.27. The minimum Gasteiger partial charge on any atom is -0.372 e. The molecule has 1 aromatic carbocycles. The molecule has 2 unspecified atom stereocenters. The fourth-order valence-corrected chi connectivity index (χ4v) is 3.41. The van der Waals surface area contributed by atoms with Crippen molar-refractivity contribution in [2.75, 3.05) is 27.2 Å². The van der Waals surface area contributed by atoms with Gasteiger partial charge in [-0.05, 0) is 38.1 Å². The smallest absolute Gasteiger partial charge is 0.254 e. The van der Waals surface area contributed by atoms with Crippen molar-refractivity contribution in [3.63, 3.8) is 0 Å². The van der Waals surface area contributed by atoms with E-state index in [2.05, 4.69) is 0 Å². The first kappa shape index (κ1) is 16.9. The Kier molecular flexibility index (Phi) is 4.89. The Balaban J connectivity index is 2.18. The molecule has 0 spiro atoms. The third-order valence-corrected chi connectivity index (χ3v) is 5.42. The number of morpholine rings is 1. The summed E-state index contributed by atoms with van der Waals surface area (Å²) in [6, 6.07) is 6.05. The predicted octanol–water partition coefficient (Wildman–Crippen LogP) is 1.19. The van der Waals surface area contributed by atoms with Crippen LogP contribution in [0.4, 0.5) is 0 Å². The van der Waals surface area contributed by atoms with Gasteiger partial charge < -0.3 is 9.64 Å². The van der Waals surface area contributed by atoms with Gasteiger partial charge >= 0.3 is 0 Å². The lowest BCUT2D eigenvalue weighted by atomic mass is 10.1. The van der Waals surface area contributed by atoms with Gasteiger partial charge in [-0.3, -0.25) is 4.79 Å². The Morgan fingerprint density at radius 3 is 2.09 bits per heavy atom. The summed E-state index contributed by atoms with van der Waals surface area (Å²) in [5, 5.41) is 0. The van der Waals surface area contributed by atoms with E-state index < -0.39 is 10.0 Å². The highest BCUT2D eigenvalue weighted by molar-refractivity contribution is 7.89. The van der Waals surface area contributed by atoms with Gasteiger partial charge in [0.2, 0.25) is 10.0 Å². The number of amides is 1. The van der Waals surface area contributed by atoms with E-state index in [1.54, 1.807) is 17.0 Å². The monoisotopic (exact) mass is 326 g/mol. The molecule has 0 aromatic heterocycles. The first-order chi connectivity index (χ1) is 10.2. The van der Waals surface area contributed by atoms with E-state index in [0.717, 1.165) is 4.31 Å². The molecule has 1 aliphatic rings. The first-order valence-electron chi connectivity index (χ1n) is 7.19. The molecule has 0 N–H and O–H groups in total. The predicted molar refractivity (Wildman–Crippen MR) is 83.2 cm³/mol. The molecule has 0 bridgehead atoms. The maximum Gasteiger partial charge on any atom is 0.254 e. The van der Waals surface area contributed by atoms with Crippen molar-refractivity contribution in [1.82, 2.24) is 9.21 Å². The summed E-state index contributed by atoms with van der Waals surface area (Å²) < 4.78 is 30.8. The van der Waals surface area contributed by atoms with Gasteiger partial charge in [-0.25, -0.2) is 12.7 Å². The number of rotatable bonds is 3. The Morgan fingerprint density at radius 2 is 1.64 bits per heavy atom. The van der Waals surface area contributed by atoms with Gasteiger partial charge in [0.25, 0.3) is 5.91 Å². The summed E-state index contributed by atoms with van der Waals surface area (Å²) in [7, 11) is -0.519. The van der Waals surface area contributed by atoms with Gasteiger partial charge in [0.05, 0.1) is 17.1 Å².